The molecular weight excluding hydrogens is 399 g/mol. The fourth-order valence-electron chi connectivity index (χ4n) is 1.86. The lowest BCUT2D eigenvalue weighted by Crippen LogP contribution is -2.11. The molecule has 1 aromatic heterocycles. The van der Waals surface area contributed by atoms with E-state index in [1.807, 2.05) is 6.07 Å². The molecule has 1 atom stereocenters. The number of benzene rings is 1. The Morgan fingerprint density at radius 1 is 1.15 bits per heavy atom. The van der Waals surface area contributed by atoms with Gasteiger partial charge in [0.15, 0.2) is 0 Å². The highest BCUT2D eigenvalue weighted by Gasteiger charge is 2.35. The number of rotatable bonds is 3. The van der Waals surface area contributed by atoms with E-state index in [1.165, 1.54) is 6.07 Å². The van der Waals surface area contributed by atoms with Gasteiger partial charge < -0.3 is 0 Å². The average molecular weight is 409 g/mol. The van der Waals surface area contributed by atoms with Crippen molar-refractivity contribution in [1.82, 2.24) is 4.98 Å². The largest absolute Gasteiger partial charge is 0.416 e. The average Bonchev–Trinajstić information content (AvgIpc) is 2.38. The molecule has 1 aromatic carbocycles. The van der Waals surface area contributed by atoms with Crippen molar-refractivity contribution >= 4 is 31.9 Å². The highest BCUT2D eigenvalue weighted by atomic mass is 79.9. The number of alkyl halides is 4. The van der Waals surface area contributed by atoms with Crippen LogP contribution in [-0.4, -0.2) is 4.98 Å². The predicted molar refractivity (Wildman–Crippen MR) is 78.8 cm³/mol. The highest BCUT2D eigenvalue weighted by Crippen LogP contribution is 2.39. The van der Waals surface area contributed by atoms with E-state index in [0.29, 0.717) is 10.9 Å². The molecule has 20 heavy (non-hydrogen) atoms. The third-order valence-corrected chi connectivity index (χ3v) is 4.08. The van der Waals surface area contributed by atoms with Crippen molar-refractivity contribution in [3.8, 4) is 0 Å². The Bertz CT molecular complexity index is 585. The summed E-state index contributed by atoms with van der Waals surface area (Å²) >= 11 is 6.41. The van der Waals surface area contributed by atoms with Crippen LogP contribution < -0.4 is 0 Å². The summed E-state index contributed by atoms with van der Waals surface area (Å²) in [7, 11) is 0. The van der Waals surface area contributed by atoms with E-state index in [4.69, 9.17) is 0 Å². The van der Waals surface area contributed by atoms with Gasteiger partial charge in [-0.25, -0.2) is 0 Å². The molecule has 0 aliphatic heterocycles. The zero-order valence-electron chi connectivity index (χ0n) is 10.2. The van der Waals surface area contributed by atoms with Gasteiger partial charge in [-0.15, -0.1) is 0 Å². The van der Waals surface area contributed by atoms with Gasteiger partial charge in [0, 0.05) is 27.6 Å². The molecule has 0 aliphatic carbocycles. The molecular formula is C14H10Br2F3N. The highest BCUT2D eigenvalue weighted by molar-refractivity contribution is 9.10. The summed E-state index contributed by atoms with van der Waals surface area (Å²) < 4.78 is 39.6. The number of aromatic nitrogens is 1. The molecule has 0 fully saturated rings. The first-order valence-corrected chi connectivity index (χ1v) is 7.49. The molecule has 0 spiro atoms. The summed E-state index contributed by atoms with van der Waals surface area (Å²) in [5, 5.41) is 0. The Morgan fingerprint density at radius 3 is 2.50 bits per heavy atom. The number of hydrogen-bond donors (Lipinski definition) is 0. The fourth-order valence-corrected chi connectivity index (χ4v) is 2.95. The first-order chi connectivity index (χ1) is 9.38. The third kappa shape index (κ3) is 3.82. The van der Waals surface area contributed by atoms with Crippen molar-refractivity contribution in [3.63, 3.8) is 0 Å². The minimum absolute atomic E-state index is 0.214. The third-order valence-electron chi connectivity index (χ3n) is 2.77. The monoisotopic (exact) mass is 407 g/mol. The predicted octanol–water partition coefficient (Wildman–Crippen LogP) is 5.54. The van der Waals surface area contributed by atoms with Crippen LogP contribution >= 0.6 is 31.9 Å². The number of halogens is 5. The maximum Gasteiger partial charge on any atom is 0.416 e. The van der Waals surface area contributed by atoms with Crippen LogP contribution in [0.2, 0.25) is 0 Å². The second-order valence-corrected chi connectivity index (χ2v) is 6.24. The van der Waals surface area contributed by atoms with Crippen molar-refractivity contribution < 1.29 is 13.2 Å². The second-order valence-electron chi connectivity index (χ2n) is 4.22. The summed E-state index contributed by atoms with van der Waals surface area (Å²) in [5.41, 5.74) is 0.321. The molecule has 0 saturated heterocycles. The van der Waals surface area contributed by atoms with Crippen LogP contribution in [0.3, 0.4) is 0 Å². The zero-order valence-corrected chi connectivity index (χ0v) is 13.3. The molecule has 2 aromatic rings. The fraction of sp³-hybridized carbons (Fsp3) is 0.214. The molecule has 0 aliphatic rings. The molecule has 1 nitrogen and oxygen atoms in total. The van der Waals surface area contributed by atoms with Crippen LogP contribution in [0.4, 0.5) is 13.2 Å². The van der Waals surface area contributed by atoms with Crippen molar-refractivity contribution in [1.29, 1.82) is 0 Å². The van der Waals surface area contributed by atoms with Gasteiger partial charge in [-0.3, -0.25) is 4.98 Å². The van der Waals surface area contributed by atoms with Crippen LogP contribution in [-0.2, 0) is 12.6 Å². The first-order valence-electron chi connectivity index (χ1n) is 5.78. The molecule has 0 radical (unpaired) electrons. The molecule has 1 unspecified atom stereocenters. The zero-order chi connectivity index (χ0) is 14.8. The van der Waals surface area contributed by atoms with Crippen molar-refractivity contribution in [2.24, 2.45) is 0 Å². The topological polar surface area (TPSA) is 12.9 Å². The van der Waals surface area contributed by atoms with Gasteiger partial charge in [-0.2, -0.15) is 13.2 Å². The maximum absolute atomic E-state index is 13.1. The van der Waals surface area contributed by atoms with E-state index in [0.717, 1.165) is 11.8 Å². The van der Waals surface area contributed by atoms with Crippen molar-refractivity contribution in [3.05, 3.63) is 63.9 Å². The normalized spacial score (nSPS) is 13.2. The lowest BCUT2D eigenvalue weighted by atomic mass is 10.0. The summed E-state index contributed by atoms with van der Waals surface area (Å²) in [6.07, 6.45) is -2.36. The second kappa shape index (κ2) is 6.26. The Morgan fingerprint density at radius 2 is 1.90 bits per heavy atom. The molecule has 0 N–H and O–H groups in total. The lowest BCUT2D eigenvalue weighted by Gasteiger charge is -2.17. The van der Waals surface area contributed by atoms with Crippen LogP contribution in [0.1, 0.15) is 21.6 Å². The minimum Gasteiger partial charge on any atom is -0.261 e. The minimum atomic E-state index is -4.38. The van der Waals surface area contributed by atoms with Gasteiger partial charge >= 0.3 is 6.18 Å². The quantitative estimate of drug-likeness (QED) is 0.607. The Labute approximate surface area is 131 Å². The van der Waals surface area contributed by atoms with E-state index >= 15 is 0 Å². The summed E-state index contributed by atoms with van der Waals surface area (Å²) in [4.78, 5) is 3.69. The Hall–Kier alpha value is -0.880. The molecule has 0 saturated carbocycles. The standard InChI is InChI=1S/C14H10Br2F3N/c15-9-4-5-11(12(7-9)14(17,18)19)13(16)8-10-3-1-2-6-20-10/h1-7,13H,8H2. The molecule has 2 rings (SSSR count). The molecule has 1 heterocycles. The van der Waals surface area contributed by atoms with E-state index in [1.54, 1.807) is 24.4 Å². The van der Waals surface area contributed by atoms with E-state index in [-0.39, 0.29) is 5.56 Å². The van der Waals surface area contributed by atoms with Crippen LogP contribution in [0.5, 0.6) is 0 Å². The van der Waals surface area contributed by atoms with E-state index < -0.39 is 16.6 Å². The van der Waals surface area contributed by atoms with Crippen molar-refractivity contribution in [2.75, 3.05) is 0 Å². The Kier molecular flexibility index (Phi) is 4.86. The van der Waals surface area contributed by atoms with E-state index in [9.17, 15) is 13.2 Å². The number of pyridine rings is 1. The number of nitrogens with zero attached hydrogens (tertiary/aromatic N) is 1. The molecule has 106 valence electrons. The molecule has 6 heteroatoms. The van der Waals surface area contributed by atoms with Crippen LogP contribution in [0.15, 0.2) is 47.1 Å². The van der Waals surface area contributed by atoms with Crippen LogP contribution in [0, 0.1) is 0 Å². The first kappa shape index (κ1) is 15.5. The van der Waals surface area contributed by atoms with E-state index in [2.05, 4.69) is 36.8 Å². The Balaban J connectivity index is 2.32. The SMILES string of the molecule is FC(F)(F)c1cc(Br)ccc1C(Br)Cc1ccccn1. The lowest BCUT2D eigenvalue weighted by molar-refractivity contribution is -0.138. The number of hydrogen-bond acceptors (Lipinski definition) is 1. The summed E-state index contributed by atoms with van der Waals surface area (Å²) in [6, 6.07) is 9.57. The smallest absolute Gasteiger partial charge is 0.261 e. The summed E-state index contributed by atoms with van der Waals surface area (Å²) in [6.45, 7) is 0. The van der Waals surface area contributed by atoms with Crippen molar-refractivity contribution in [2.45, 2.75) is 17.4 Å². The van der Waals surface area contributed by atoms with Gasteiger partial charge in [0.1, 0.15) is 0 Å². The van der Waals surface area contributed by atoms with Gasteiger partial charge in [-0.1, -0.05) is 44.0 Å². The van der Waals surface area contributed by atoms with Gasteiger partial charge in [0.25, 0.3) is 0 Å². The molecule has 0 amide bonds. The van der Waals surface area contributed by atoms with Crippen LogP contribution in [0.25, 0.3) is 0 Å². The van der Waals surface area contributed by atoms with Gasteiger partial charge in [0.05, 0.1) is 5.56 Å². The molecule has 0 bridgehead atoms. The van der Waals surface area contributed by atoms with Gasteiger partial charge in [-0.05, 0) is 29.8 Å². The van der Waals surface area contributed by atoms with Gasteiger partial charge in [0.2, 0.25) is 0 Å². The maximum atomic E-state index is 13.1. The summed E-state index contributed by atoms with van der Waals surface area (Å²) in [5.74, 6) is 0.